The fourth-order valence-corrected chi connectivity index (χ4v) is 3.63. The van der Waals surface area contributed by atoms with Crippen molar-refractivity contribution in [3.05, 3.63) is 102 Å². The van der Waals surface area contributed by atoms with Crippen LogP contribution in [0.3, 0.4) is 0 Å². The molecule has 0 saturated heterocycles. The highest BCUT2D eigenvalue weighted by Crippen LogP contribution is 2.26. The normalized spacial score (nSPS) is 11.1. The van der Waals surface area contributed by atoms with E-state index in [1.165, 1.54) is 0 Å². The fourth-order valence-electron chi connectivity index (χ4n) is 3.63. The zero-order chi connectivity index (χ0) is 21.9. The van der Waals surface area contributed by atoms with Gasteiger partial charge in [-0.2, -0.15) is 5.10 Å². The Morgan fingerprint density at radius 2 is 1.81 bits per heavy atom. The van der Waals surface area contributed by atoms with Crippen LogP contribution >= 0.6 is 0 Å². The van der Waals surface area contributed by atoms with Gasteiger partial charge >= 0.3 is 0 Å². The molecule has 32 heavy (non-hydrogen) atoms. The predicted molar refractivity (Wildman–Crippen MR) is 121 cm³/mol. The molecule has 5 aromatic rings. The van der Waals surface area contributed by atoms with Crippen molar-refractivity contribution in [2.24, 2.45) is 0 Å². The Hall–Kier alpha value is -4.13. The van der Waals surface area contributed by atoms with Gasteiger partial charge in [0, 0.05) is 18.8 Å². The van der Waals surface area contributed by atoms with Gasteiger partial charge in [0.1, 0.15) is 12.4 Å². The minimum atomic E-state index is 0.481. The van der Waals surface area contributed by atoms with Gasteiger partial charge in [-0.1, -0.05) is 36.4 Å². The lowest BCUT2D eigenvalue weighted by molar-refractivity contribution is 0.308. The molecule has 3 heterocycles. The monoisotopic (exact) mass is 425 g/mol. The van der Waals surface area contributed by atoms with Crippen molar-refractivity contribution in [1.82, 2.24) is 24.1 Å². The largest absolute Gasteiger partial charge is 0.495 e. The number of ether oxygens (including phenoxy) is 2. The standard InChI is InChI=1S/C25H23N5O2/c1-18-15-29(17-26-18)21-11-10-20(13-23(21)31-2)14-24-27-25-22(9-6-12-30(25)28-24)32-16-19-7-4-3-5-8-19/h3-13,15,17H,14,16H2,1-2H3. The number of rotatable bonds is 7. The van der Waals surface area contributed by atoms with Crippen molar-refractivity contribution in [2.75, 3.05) is 7.11 Å². The minimum Gasteiger partial charge on any atom is -0.495 e. The van der Waals surface area contributed by atoms with E-state index in [1.807, 2.05) is 78.5 Å². The molecule has 0 aliphatic carbocycles. The van der Waals surface area contributed by atoms with Gasteiger partial charge in [-0.25, -0.2) is 14.5 Å². The molecule has 0 fully saturated rings. The Morgan fingerprint density at radius 3 is 2.59 bits per heavy atom. The highest BCUT2D eigenvalue weighted by Gasteiger charge is 2.12. The molecule has 0 N–H and O–H groups in total. The molecule has 0 atom stereocenters. The topological polar surface area (TPSA) is 66.5 Å². The number of aromatic nitrogens is 5. The van der Waals surface area contributed by atoms with Crippen molar-refractivity contribution in [2.45, 2.75) is 20.0 Å². The molecule has 160 valence electrons. The number of methoxy groups -OCH3 is 1. The Bertz CT molecular complexity index is 1360. The molecule has 0 aliphatic heterocycles. The van der Waals surface area contributed by atoms with Gasteiger partial charge in [-0.05, 0) is 42.3 Å². The maximum atomic E-state index is 6.02. The number of hydrogen-bond acceptors (Lipinski definition) is 5. The third kappa shape index (κ3) is 4.05. The summed E-state index contributed by atoms with van der Waals surface area (Å²) in [7, 11) is 1.67. The van der Waals surface area contributed by atoms with E-state index >= 15 is 0 Å². The number of fused-ring (bicyclic) bond motifs is 1. The highest BCUT2D eigenvalue weighted by molar-refractivity contribution is 5.53. The second kappa shape index (κ2) is 8.55. The third-order valence-corrected chi connectivity index (χ3v) is 5.20. The van der Waals surface area contributed by atoms with Gasteiger partial charge in [0.2, 0.25) is 0 Å². The molecular formula is C25H23N5O2. The first-order chi connectivity index (χ1) is 15.7. The lowest BCUT2D eigenvalue weighted by atomic mass is 10.1. The lowest BCUT2D eigenvalue weighted by Crippen LogP contribution is -1.98. The van der Waals surface area contributed by atoms with Gasteiger partial charge in [-0.15, -0.1) is 0 Å². The molecule has 5 rings (SSSR count). The maximum absolute atomic E-state index is 6.02. The summed E-state index contributed by atoms with van der Waals surface area (Å²) in [4.78, 5) is 9.03. The van der Waals surface area contributed by atoms with Crippen LogP contribution in [0.15, 0.2) is 79.4 Å². The van der Waals surface area contributed by atoms with Crippen molar-refractivity contribution in [1.29, 1.82) is 0 Å². The van der Waals surface area contributed by atoms with Crippen LogP contribution in [-0.4, -0.2) is 31.3 Å². The van der Waals surface area contributed by atoms with Gasteiger partial charge in [0.25, 0.3) is 0 Å². The van der Waals surface area contributed by atoms with Crippen LogP contribution in [0, 0.1) is 6.92 Å². The van der Waals surface area contributed by atoms with E-state index in [1.54, 1.807) is 18.0 Å². The average molecular weight is 425 g/mol. The van der Waals surface area contributed by atoms with Crippen molar-refractivity contribution in [3.63, 3.8) is 0 Å². The molecule has 2 aromatic carbocycles. The Balaban J connectivity index is 1.38. The van der Waals surface area contributed by atoms with E-state index in [9.17, 15) is 0 Å². The number of hydrogen-bond donors (Lipinski definition) is 0. The van der Waals surface area contributed by atoms with E-state index in [2.05, 4.69) is 16.1 Å². The average Bonchev–Trinajstić information content (AvgIpc) is 3.44. The van der Waals surface area contributed by atoms with Crippen molar-refractivity contribution >= 4 is 5.65 Å². The Labute approximate surface area is 185 Å². The van der Waals surface area contributed by atoms with Crippen molar-refractivity contribution in [3.8, 4) is 17.2 Å². The molecule has 0 radical (unpaired) electrons. The second-order valence-corrected chi connectivity index (χ2v) is 7.55. The second-order valence-electron chi connectivity index (χ2n) is 7.55. The third-order valence-electron chi connectivity index (χ3n) is 5.20. The summed E-state index contributed by atoms with van der Waals surface area (Å²) in [6.07, 6.45) is 6.22. The van der Waals surface area contributed by atoms with E-state index in [4.69, 9.17) is 14.5 Å². The SMILES string of the molecule is COc1cc(Cc2nc3c(OCc4ccccc4)cccn3n2)ccc1-n1cnc(C)c1. The quantitative estimate of drug-likeness (QED) is 0.387. The van der Waals surface area contributed by atoms with E-state index in [-0.39, 0.29) is 0 Å². The number of imidazole rings is 1. The number of pyridine rings is 1. The summed E-state index contributed by atoms with van der Waals surface area (Å²) in [5, 5.41) is 4.63. The molecular weight excluding hydrogens is 402 g/mol. The van der Waals surface area contributed by atoms with Crippen LogP contribution in [-0.2, 0) is 13.0 Å². The molecule has 7 heteroatoms. The van der Waals surface area contributed by atoms with Crippen molar-refractivity contribution < 1.29 is 9.47 Å². The van der Waals surface area contributed by atoms with Crippen LogP contribution in [0.1, 0.15) is 22.6 Å². The first-order valence-corrected chi connectivity index (χ1v) is 10.4. The zero-order valence-corrected chi connectivity index (χ0v) is 18.0. The summed E-state index contributed by atoms with van der Waals surface area (Å²) in [5.74, 6) is 2.20. The van der Waals surface area contributed by atoms with Gasteiger partial charge in [0.15, 0.2) is 17.2 Å². The summed E-state index contributed by atoms with van der Waals surface area (Å²) in [6.45, 7) is 2.44. The number of benzene rings is 2. The van der Waals surface area contributed by atoms with Gasteiger partial charge < -0.3 is 14.0 Å². The minimum absolute atomic E-state index is 0.481. The number of aryl methyl sites for hydroxylation is 1. The number of nitrogens with zero attached hydrogens (tertiary/aromatic N) is 5. The fraction of sp³-hybridized carbons (Fsp3) is 0.160. The van der Waals surface area contributed by atoms with Crippen LogP contribution in [0.4, 0.5) is 0 Å². The molecule has 0 aliphatic rings. The molecule has 0 bridgehead atoms. The zero-order valence-electron chi connectivity index (χ0n) is 18.0. The lowest BCUT2D eigenvalue weighted by Gasteiger charge is -2.10. The Kier molecular flexibility index (Phi) is 5.29. The van der Waals surface area contributed by atoms with Crippen LogP contribution in [0.2, 0.25) is 0 Å². The van der Waals surface area contributed by atoms with E-state index in [0.29, 0.717) is 30.2 Å². The molecule has 0 spiro atoms. The Morgan fingerprint density at radius 1 is 0.938 bits per heavy atom. The highest BCUT2D eigenvalue weighted by atomic mass is 16.5. The van der Waals surface area contributed by atoms with Crippen LogP contribution in [0.25, 0.3) is 11.3 Å². The van der Waals surface area contributed by atoms with Crippen LogP contribution in [0.5, 0.6) is 11.5 Å². The first kappa shape index (κ1) is 19.8. The van der Waals surface area contributed by atoms with Gasteiger partial charge in [0.05, 0.1) is 24.8 Å². The van der Waals surface area contributed by atoms with Gasteiger partial charge in [-0.3, -0.25) is 0 Å². The summed E-state index contributed by atoms with van der Waals surface area (Å²) >= 11 is 0. The van der Waals surface area contributed by atoms with E-state index < -0.39 is 0 Å². The predicted octanol–water partition coefficient (Wildman–Crippen LogP) is 4.40. The molecule has 3 aromatic heterocycles. The maximum Gasteiger partial charge on any atom is 0.198 e. The summed E-state index contributed by atoms with van der Waals surface area (Å²) in [6, 6.07) is 20.0. The molecule has 0 amide bonds. The first-order valence-electron chi connectivity index (χ1n) is 10.4. The summed E-state index contributed by atoms with van der Waals surface area (Å²) < 4.78 is 15.4. The molecule has 0 unspecified atom stereocenters. The summed E-state index contributed by atoms with van der Waals surface area (Å²) in [5.41, 5.74) is 4.77. The van der Waals surface area contributed by atoms with Crippen LogP contribution < -0.4 is 9.47 Å². The smallest absolute Gasteiger partial charge is 0.198 e. The van der Waals surface area contributed by atoms with E-state index in [0.717, 1.165) is 28.3 Å². The molecule has 0 saturated carbocycles. The molecule has 7 nitrogen and oxygen atoms in total.